The molecule has 0 spiro atoms. The van der Waals surface area contributed by atoms with E-state index in [1.54, 1.807) is 7.11 Å². The van der Waals surface area contributed by atoms with Gasteiger partial charge in [0, 0.05) is 22.6 Å². The van der Waals surface area contributed by atoms with E-state index >= 15 is 0 Å². The molecule has 0 aromatic heterocycles. The molecule has 1 aliphatic carbocycles. The molecule has 112 valence electrons. The van der Waals surface area contributed by atoms with Crippen LogP contribution >= 0.6 is 15.9 Å². The van der Waals surface area contributed by atoms with Gasteiger partial charge < -0.3 is 10.1 Å². The normalized spacial score (nSPS) is 18.6. The molecule has 2 rings (SSSR count). The molecule has 0 heterocycles. The van der Waals surface area contributed by atoms with E-state index in [1.165, 1.54) is 44.1 Å². The second-order valence-corrected chi connectivity index (χ2v) is 6.79. The van der Waals surface area contributed by atoms with Gasteiger partial charge in [-0.3, -0.25) is 0 Å². The molecule has 1 fully saturated rings. The minimum absolute atomic E-state index is 0.580. The van der Waals surface area contributed by atoms with Crippen LogP contribution in [0.2, 0.25) is 0 Å². The first-order valence-corrected chi connectivity index (χ1v) is 8.56. The van der Waals surface area contributed by atoms with Gasteiger partial charge in [-0.25, -0.2) is 0 Å². The van der Waals surface area contributed by atoms with Gasteiger partial charge in [0.1, 0.15) is 5.75 Å². The molecule has 1 aliphatic rings. The van der Waals surface area contributed by atoms with Crippen molar-refractivity contribution in [3.63, 3.8) is 0 Å². The second-order valence-electron chi connectivity index (χ2n) is 5.88. The van der Waals surface area contributed by atoms with E-state index in [0.717, 1.165) is 22.7 Å². The maximum Gasteiger partial charge on any atom is 0.123 e. The Hall–Kier alpha value is -0.540. The molecule has 1 aromatic carbocycles. The van der Waals surface area contributed by atoms with Crippen LogP contribution in [0, 0.1) is 5.92 Å². The average Bonchev–Trinajstić information content (AvgIpc) is 2.74. The summed E-state index contributed by atoms with van der Waals surface area (Å²) in [6, 6.07) is 6.77. The molecule has 0 radical (unpaired) electrons. The Morgan fingerprint density at radius 1 is 1.25 bits per heavy atom. The number of ether oxygens (including phenoxy) is 1. The molecule has 0 unspecified atom stereocenters. The Labute approximate surface area is 131 Å². The van der Waals surface area contributed by atoms with E-state index < -0.39 is 0 Å². The molecule has 0 aliphatic heterocycles. The van der Waals surface area contributed by atoms with Crippen molar-refractivity contribution >= 4 is 15.9 Å². The van der Waals surface area contributed by atoms with E-state index in [-0.39, 0.29) is 0 Å². The smallest absolute Gasteiger partial charge is 0.123 e. The summed E-state index contributed by atoms with van der Waals surface area (Å²) in [5, 5.41) is 3.70. The van der Waals surface area contributed by atoms with Crippen LogP contribution in [0.1, 0.15) is 51.0 Å². The second kappa shape index (κ2) is 8.04. The number of hydrogen-bond donors (Lipinski definition) is 1. The standard InChI is InChI=1S/C17H26BrNO/c1-13(14-7-5-3-4-6-8-14)19-12-15-11-16(18)9-10-17(15)20-2/h9-11,13-14,19H,3-8,12H2,1-2H3/t13-/m0/s1. The summed E-state index contributed by atoms with van der Waals surface area (Å²) in [4.78, 5) is 0. The zero-order valence-corrected chi connectivity index (χ0v) is 14.2. The first kappa shape index (κ1) is 15.8. The van der Waals surface area contributed by atoms with Gasteiger partial charge in [-0.15, -0.1) is 0 Å². The van der Waals surface area contributed by atoms with E-state index in [2.05, 4.69) is 34.2 Å². The molecular formula is C17H26BrNO. The summed E-state index contributed by atoms with van der Waals surface area (Å²) in [5.74, 6) is 1.80. The summed E-state index contributed by atoms with van der Waals surface area (Å²) >= 11 is 3.54. The highest BCUT2D eigenvalue weighted by Crippen LogP contribution is 2.27. The van der Waals surface area contributed by atoms with Crippen LogP contribution in [0.4, 0.5) is 0 Å². The van der Waals surface area contributed by atoms with Crippen molar-refractivity contribution in [3.8, 4) is 5.75 Å². The van der Waals surface area contributed by atoms with Crippen molar-refractivity contribution in [2.24, 2.45) is 5.92 Å². The Kier molecular flexibility index (Phi) is 6.37. The lowest BCUT2D eigenvalue weighted by Crippen LogP contribution is -2.33. The van der Waals surface area contributed by atoms with Crippen LogP contribution in [0.5, 0.6) is 5.75 Å². The third-order valence-electron chi connectivity index (χ3n) is 4.46. The van der Waals surface area contributed by atoms with Crippen molar-refractivity contribution in [1.82, 2.24) is 5.32 Å². The number of halogens is 1. The van der Waals surface area contributed by atoms with Crippen molar-refractivity contribution in [2.45, 2.75) is 58.0 Å². The Bertz CT molecular complexity index is 413. The highest BCUT2D eigenvalue weighted by molar-refractivity contribution is 9.10. The lowest BCUT2D eigenvalue weighted by molar-refractivity contribution is 0.333. The lowest BCUT2D eigenvalue weighted by Gasteiger charge is -2.24. The summed E-state index contributed by atoms with van der Waals surface area (Å²) in [5.41, 5.74) is 1.22. The molecule has 3 heteroatoms. The fourth-order valence-corrected chi connectivity index (χ4v) is 3.54. The Morgan fingerprint density at radius 3 is 2.60 bits per heavy atom. The van der Waals surface area contributed by atoms with E-state index in [0.29, 0.717) is 6.04 Å². The number of methoxy groups -OCH3 is 1. The summed E-state index contributed by atoms with van der Waals surface area (Å²) in [7, 11) is 1.74. The molecule has 1 N–H and O–H groups in total. The molecule has 1 aromatic rings. The third-order valence-corrected chi connectivity index (χ3v) is 4.96. The predicted molar refractivity (Wildman–Crippen MR) is 88.2 cm³/mol. The van der Waals surface area contributed by atoms with Gasteiger partial charge in [-0.2, -0.15) is 0 Å². The van der Waals surface area contributed by atoms with E-state index in [1.807, 2.05) is 12.1 Å². The van der Waals surface area contributed by atoms with Gasteiger partial charge in [0.2, 0.25) is 0 Å². The first-order valence-electron chi connectivity index (χ1n) is 7.76. The van der Waals surface area contributed by atoms with Gasteiger partial charge in [0.05, 0.1) is 7.11 Å². The third kappa shape index (κ3) is 4.49. The zero-order chi connectivity index (χ0) is 14.4. The molecule has 1 atom stereocenters. The van der Waals surface area contributed by atoms with Gasteiger partial charge in [0.15, 0.2) is 0 Å². The highest BCUT2D eigenvalue weighted by Gasteiger charge is 2.18. The van der Waals surface area contributed by atoms with Gasteiger partial charge in [-0.05, 0) is 43.9 Å². The first-order chi connectivity index (χ1) is 9.70. The van der Waals surface area contributed by atoms with Crippen molar-refractivity contribution in [3.05, 3.63) is 28.2 Å². The molecule has 20 heavy (non-hydrogen) atoms. The minimum atomic E-state index is 0.580. The number of nitrogens with one attached hydrogen (secondary N) is 1. The number of hydrogen-bond acceptors (Lipinski definition) is 2. The molecule has 1 saturated carbocycles. The zero-order valence-electron chi connectivity index (χ0n) is 12.6. The summed E-state index contributed by atoms with van der Waals surface area (Å²) in [6.45, 7) is 3.21. The molecule has 0 bridgehead atoms. The van der Waals surface area contributed by atoms with Crippen LogP contribution in [0.25, 0.3) is 0 Å². The lowest BCUT2D eigenvalue weighted by atomic mass is 9.93. The van der Waals surface area contributed by atoms with Crippen LogP contribution < -0.4 is 10.1 Å². The quantitative estimate of drug-likeness (QED) is 0.769. The van der Waals surface area contributed by atoms with Gasteiger partial charge >= 0.3 is 0 Å². The van der Waals surface area contributed by atoms with Crippen LogP contribution in [0.15, 0.2) is 22.7 Å². The minimum Gasteiger partial charge on any atom is -0.496 e. The topological polar surface area (TPSA) is 21.3 Å². The van der Waals surface area contributed by atoms with Crippen molar-refractivity contribution in [2.75, 3.05) is 7.11 Å². The fourth-order valence-electron chi connectivity index (χ4n) is 3.13. The summed E-state index contributed by atoms with van der Waals surface area (Å²) in [6.07, 6.45) is 8.40. The number of rotatable bonds is 5. The van der Waals surface area contributed by atoms with Gasteiger partial charge in [0.25, 0.3) is 0 Å². The fraction of sp³-hybridized carbons (Fsp3) is 0.647. The maximum atomic E-state index is 5.44. The van der Waals surface area contributed by atoms with E-state index in [9.17, 15) is 0 Å². The van der Waals surface area contributed by atoms with Crippen molar-refractivity contribution in [1.29, 1.82) is 0 Å². The summed E-state index contributed by atoms with van der Waals surface area (Å²) < 4.78 is 6.55. The molecule has 2 nitrogen and oxygen atoms in total. The number of benzene rings is 1. The average molecular weight is 340 g/mol. The van der Waals surface area contributed by atoms with Crippen LogP contribution in [-0.2, 0) is 6.54 Å². The van der Waals surface area contributed by atoms with E-state index in [4.69, 9.17) is 4.74 Å². The van der Waals surface area contributed by atoms with Crippen molar-refractivity contribution < 1.29 is 4.74 Å². The Morgan fingerprint density at radius 2 is 1.95 bits per heavy atom. The van der Waals surface area contributed by atoms with Crippen LogP contribution in [-0.4, -0.2) is 13.2 Å². The Balaban J connectivity index is 1.92. The molecular weight excluding hydrogens is 314 g/mol. The highest BCUT2D eigenvalue weighted by atomic mass is 79.9. The van der Waals surface area contributed by atoms with Crippen LogP contribution in [0.3, 0.4) is 0 Å². The largest absolute Gasteiger partial charge is 0.496 e. The molecule has 0 amide bonds. The predicted octanol–water partition coefficient (Wildman–Crippen LogP) is 4.91. The SMILES string of the molecule is COc1ccc(Br)cc1CN[C@@H](C)C1CCCCCC1. The maximum absolute atomic E-state index is 5.44. The molecule has 0 saturated heterocycles. The van der Waals surface area contributed by atoms with Gasteiger partial charge in [-0.1, -0.05) is 41.6 Å². The monoisotopic (exact) mass is 339 g/mol.